The molecular weight excluding hydrogens is 231 g/mol. The van der Waals surface area contributed by atoms with E-state index in [0.717, 1.165) is 6.16 Å². The summed E-state index contributed by atoms with van der Waals surface area (Å²) in [5.41, 5.74) is 1.97. The van der Waals surface area contributed by atoms with Crippen LogP contribution in [0, 0.1) is 0 Å². The SMILES string of the molecule is CCOC(=O)c1ccc(CP(CC)CC)cc1. The Hall–Kier alpha value is -0.880. The van der Waals surface area contributed by atoms with Crippen LogP contribution in [0.5, 0.6) is 0 Å². The predicted molar refractivity (Wildman–Crippen MR) is 74.1 cm³/mol. The molecule has 94 valence electrons. The van der Waals surface area contributed by atoms with Gasteiger partial charge < -0.3 is 4.74 Å². The highest BCUT2D eigenvalue weighted by Gasteiger charge is 2.07. The van der Waals surface area contributed by atoms with Crippen LogP contribution in [0.25, 0.3) is 0 Å². The van der Waals surface area contributed by atoms with Crippen molar-refractivity contribution in [2.24, 2.45) is 0 Å². The first-order valence-corrected chi connectivity index (χ1v) is 8.09. The largest absolute Gasteiger partial charge is 0.462 e. The average molecular weight is 252 g/mol. The van der Waals surface area contributed by atoms with E-state index in [9.17, 15) is 4.79 Å². The number of hydrogen-bond donors (Lipinski definition) is 0. The zero-order valence-corrected chi connectivity index (χ0v) is 11.8. The van der Waals surface area contributed by atoms with Crippen LogP contribution in [0.15, 0.2) is 24.3 Å². The summed E-state index contributed by atoms with van der Waals surface area (Å²) in [6.45, 7) is 6.75. The second kappa shape index (κ2) is 7.45. The van der Waals surface area contributed by atoms with Crippen LogP contribution in [0.1, 0.15) is 36.7 Å². The van der Waals surface area contributed by atoms with E-state index in [1.807, 2.05) is 31.2 Å². The molecule has 1 aromatic carbocycles. The molecule has 0 aliphatic carbocycles. The summed E-state index contributed by atoms with van der Waals surface area (Å²) in [6, 6.07) is 7.83. The van der Waals surface area contributed by atoms with Crippen molar-refractivity contribution in [2.45, 2.75) is 26.9 Å². The lowest BCUT2D eigenvalue weighted by Gasteiger charge is -2.13. The topological polar surface area (TPSA) is 26.3 Å². The van der Waals surface area contributed by atoms with Gasteiger partial charge in [0.15, 0.2) is 0 Å². The molecule has 0 N–H and O–H groups in total. The van der Waals surface area contributed by atoms with Crippen LogP contribution < -0.4 is 0 Å². The van der Waals surface area contributed by atoms with E-state index in [1.165, 1.54) is 17.9 Å². The predicted octanol–water partition coefficient (Wildman–Crippen LogP) is 3.89. The van der Waals surface area contributed by atoms with Crippen molar-refractivity contribution in [3.8, 4) is 0 Å². The Kier molecular flexibility index (Phi) is 6.21. The Labute approximate surface area is 105 Å². The summed E-state index contributed by atoms with van der Waals surface area (Å²) in [7, 11) is 0.120. The molecule has 2 nitrogen and oxygen atoms in total. The van der Waals surface area contributed by atoms with Gasteiger partial charge in [-0.3, -0.25) is 0 Å². The third-order valence-electron chi connectivity index (χ3n) is 2.77. The van der Waals surface area contributed by atoms with Gasteiger partial charge in [-0.1, -0.05) is 26.0 Å². The third kappa shape index (κ3) is 4.47. The first-order valence-electron chi connectivity index (χ1n) is 6.19. The maximum absolute atomic E-state index is 11.5. The standard InChI is InChI=1S/C14H21O2P/c1-4-16-14(15)13-9-7-12(8-10-13)11-17(5-2)6-3/h7-10H,4-6,11H2,1-3H3. The normalized spacial score (nSPS) is 10.6. The van der Waals surface area contributed by atoms with E-state index in [1.54, 1.807) is 0 Å². The molecule has 0 unspecified atom stereocenters. The number of carbonyl (C=O) groups is 1. The molecule has 0 aromatic heterocycles. The number of benzene rings is 1. The maximum atomic E-state index is 11.5. The molecule has 0 saturated carbocycles. The fraction of sp³-hybridized carbons (Fsp3) is 0.500. The van der Waals surface area contributed by atoms with Crippen LogP contribution in [0.2, 0.25) is 0 Å². The van der Waals surface area contributed by atoms with Crippen molar-refractivity contribution < 1.29 is 9.53 Å². The van der Waals surface area contributed by atoms with Crippen molar-refractivity contribution in [1.29, 1.82) is 0 Å². The lowest BCUT2D eigenvalue weighted by atomic mass is 10.1. The van der Waals surface area contributed by atoms with Gasteiger partial charge in [-0.25, -0.2) is 4.79 Å². The summed E-state index contributed by atoms with van der Waals surface area (Å²) in [5, 5.41) is 0. The van der Waals surface area contributed by atoms with Gasteiger partial charge in [-0.2, -0.15) is 0 Å². The van der Waals surface area contributed by atoms with Crippen LogP contribution in [-0.2, 0) is 10.9 Å². The van der Waals surface area contributed by atoms with Gasteiger partial charge >= 0.3 is 5.97 Å². The summed E-state index contributed by atoms with van der Waals surface area (Å²) >= 11 is 0. The summed E-state index contributed by atoms with van der Waals surface area (Å²) < 4.78 is 4.96. The first kappa shape index (κ1) is 14.2. The molecule has 0 spiro atoms. The van der Waals surface area contributed by atoms with E-state index in [4.69, 9.17) is 4.74 Å². The van der Waals surface area contributed by atoms with Gasteiger partial charge in [-0.05, 0) is 43.1 Å². The zero-order chi connectivity index (χ0) is 12.7. The van der Waals surface area contributed by atoms with Gasteiger partial charge in [0.05, 0.1) is 12.2 Å². The Morgan fingerprint density at radius 1 is 1.12 bits per heavy atom. The number of esters is 1. The van der Waals surface area contributed by atoms with E-state index >= 15 is 0 Å². The number of carbonyl (C=O) groups excluding carboxylic acids is 1. The van der Waals surface area contributed by atoms with Crippen LogP contribution in [0.4, 0.5) is 0 Å². The van der Waals surface area contributed by atoms with Gasteiger partial charge in [0.1, 0.15) is 0 Å². The molecule has 0 radical (unpaired) electrons. The van der Waals surface area contributed by atoms with Crippen molar-refractivity contribution in [3.63, 3.8) is 0 Å². The van der Waals surface area contributed by atoms with E-state index in [2.05, 4.69) is 13.8 Å². The molecule has 0 atom stereocenters. The summed E-state index contributed by atoms with van der Waals surface area (Å²) in [4.78, 5) is 11.5. The minimum atomic E-state index is -0.229. The molecule has 1 aromatic rings. The van der Waals surface area contributed by atoms with Crippen molar-refractivity contribution in [1.82, 2.24) is 0 Å². The van der Waals surface area contributed by atoms with Gasteiger partial charge in [0, 0.05) is 0 Å². The Morgan fingerprint density at radius 2 is 1.71 bits per heavy atom. The molecule has 1 rings (SSSR count). The Bertz CT molecular complexity index is 342. The lowest BCUT2D eigenvalue weighted by Crippen LogP contribution is -2.04. The Morgan fingerprint density at radius 3 is 2.18 bits per heavy atom. The summed E-state index contributed by atoms with van der Waals surface area (Å²) in [6.07, 6.45) is 3.70. The van der Waals surface area contributed by atoms with Gasteiger partial charge in [-0.15, -0.1) is 7.92 Å². The molecule has 0 amide bonds. The van der Waals surface area contributed by atoms with Crippen molar-refractivity contribution in [2.75, 3.05) is 18.9 Å². The van der Waals surface area contributed by atoms with Crippen LogP contribution >= 0.6 is 7.92 Å². The molecule has 3 heteroatoms. The second-order valence-corrected chi connectivity index (χ2v) is 6.80. The monoisotopic (exact) mass is 252 g/mol. The van der Waals surface area contributed by atoms with E-state index in [0.29, 0.717) is 12.2 Å². The fourth-order valence-electron chi connectivity index (χ4n) is 1.67. The van der Waals surface area contributed by atoms with Gasteiger partial charge in [0.2, 0.25) is 0 Å². The highest BCUT2D eigenvalue weighted by Crippen LogP contribution is 2.38. The lowest BCUT2D eigenvalue weighted by molar-refractivity contribution is 0.0526. The van der Waals surface area contributed by atoms with E-state index < -0.39 is 0 Å². The average Bonchev–Trinajstić information content (AvgIpc) is 2.37. The van der Waals surface area contributed by atoms with Crippen LogP contribution in [0.3, 0.4) is 0 Å². The zero-order valence-electron chi connectivity index (χ0n) is 10.9. The number of ether oxygens (including phenoxy) is 1. The van der Waals surface area contributed by atoms with E-state index in [-0.39, 0.29) is 13.9 Å². The first-order chi connectivity index (χ1) is 8.21. The number of rotatable bonds is 6. The number of hydrogen-bond acceptors (Lipinski definition) is 2. The highest BCUT2D eigenvalue weighted by molar-refractivity contribution is 7.56. The van der Waals surface area contributed by atoms with Crippen LogP contribution in [-0.4, -0.2) is 24.9 Å². The highest BCUT2D eigenvalue weighted by atomic mass is 31.1. The molecular formula is C14H21O2P. The molecule has 0 aliphatic heterocycles. The maximum Gasteiger partial charge on any atom is 0.338 e. The summed E-state index contributed by atoms with van der Waals surface area (Å²) in [5.74, 6) is -0.229. The Balaban J connectivity index is 2.64. The van der Waals surface area contributed by atoms with Crippen molar-refractivity contribution in [3.05, 3.63) is 35.4 Å². The smallest absolute Gasteiger partial charge is 0.338 e. The molecule has 0 saturated heterocycles. The minimum Gasteiger partial charge on any atom is -0.462 e. The minimum absolute atomic E-state index is 0.120. The molecule has 0 bridgehead atoms. The fourth-order valence-corrected chi connectivity index (χ4v) is 3.29. The molecule has 0 heterocycles. The quantitative estimate of drug-likeness (QED) is 0.567. The molecule has 0 aliphatic rings. The second-order valence-electron chi connectivity index (χ2n) is 3.88. The molecule has 0 fully saturated rings. The van der Waals surface area contributed by atoms with Crippen molar-refractivity contribution >= 4 is 13.9 Å². The van der Waals surface area contributed by atoms with Gasteiger partial charge in [0.25, 0.3) is 0 Å². The molecule has 17 heavy (non-hydrogen) atoms. The third-order valence-corrected chi connectivity index (χ3v) is 5.37.